The van der Waals surface area contributed by atoms with Crippen molar-refractivity contribution in [3.05, 3.63) is 0 Å². The summed E-state index contributed by atoms with van der Waals surface area (Å²) in [6, 6.07) is 0.780. The van der Waals surface area contributed by atoms with E-state index in [-0.39, 0.29) is 0 Å². The number of fused-ring (bicyclic) bond motifs is 1. The molecule has 1 heterocycles. The number of piperidine rings is 1. The van der Waals surface area contributed by atoms with Crippen LogP contribution in [-0.2, 0) is 0 Å². The Kier molecular flexibility index (Phi) is 2.13. The maximum absolute atomic E-state index is 2.75. The second kappa shape index (κ2) is 2.80. The monoisotopic (exact) mass is 209 g/mol. The van der Waals surface area contributed by atoms with Crippen molar-refractivity contribution in [2.75, 3.05) is 6.54 Å². The predicted molar refractivity (Wildman–Crippen MR) is 65.9 cm³/mol. The first-order valence-corrected chi connectivity index (χ1v) is 6.32. The van der Waals surface area contributed by atoms with Crippen molar-refractivity contribution in [3.8, 4) is 0 Å². The van der Waals surface area contributed by atoms with E-state index in [4.69, 9.17) is 0 Å². The second-order valence-electron chi connectivity index (χ2n) is 8.07. The van der Waals surface area contributed by atoms with Crippen LogP contribution in [0.25, 0.3) is 0 Å². The van der Waals surface area contributed by atoms with Crippen LogP contribution in [0, 0.1) is 16.7 Å². The minimum absolute atomic E-state index is 0.328. The van der Waals surface area contributed by atoms with Gasteiger partial charge in [-0.15, -0.1) is 0 Å². The van der Waals surface area contributed by atoms with Gasteiger partial charge in [0.05, 0.1) is 0 Å². The Balaban J connectivity index is 2.26. The lowest BCUT2D eigenvalue weighted by Gasteiger charge is -2.45. The van der Waals surface area contributed by atoms with Gasteiger partial charge in [0.1, 0.15) is 0 Å². The second-order valence-corrected chi connectivity index (χ2v) is 8.07. The van der Waals surface area contributed by atoms with E-state index in [1.54, 1.807) is 0 Å². The molecule has 0 N–H and O–H groups in total. The van der Waals surface area contributed by atoms with Gasteiger partial charge < -0.3 is 0 Å². The van der Waals surface area contributed by atoms with Crippen LogP contribution in [0.3, 0.4) is 0 Å². The van der Waals surface area contributed by atoms with Gasteiger partial charge >= 0.3 is 0 Å². The highest BCUT2D eigenvalue weighted by Gasteiger charge is 2.65. The van der Waals surface area contributed by atoms with Crippen LogP contribution in [0.5, 0.6) is 0 Å². The molecule has 88 valence electrons. The zero-order valence-corrected chi connectivity index (χ0v) is 11.5. The van der Waals surface area contributed by atoms with E-state index in [1.165, 1.54) is 13.0 Å². The molecule has 3 atom stereocenters. The number of rotatable bonds is 0. The molecule has 2 aliphatic rings. The Morgan fingerprint density at radius 2 is 1.60 bits per heavy atom. The molecule has 0 amide bonds. The van der Waals surface area contributed by atoms with Gasteiger partial charge in [0, 0.05) is 18.1 Å². The Morgan fingerprint density at radius 3 is 1.93 bits per heavy atom. The molecule has 1 aliphatic heterocycles. The molecule has 1 saturated heterocycles. The third-order valence-corrected chi connectivity index (χ3v) is 4.42. The van der Waals surface area contributed by atoms with Crippen molar-refractivity contribution >= 4 is 0 Å². The number of nitrogens with zero attached hydrogens (tertiary/aromatic N) is 1. The predicted octanol–water partition coefficient (Wildman–Crippen LogP) is 3.54. The molecule has 0 bridgehead atoms. The number of likely N-dealkylation sites (tertiary alicyclic amines) is 1. The molecule has 1 saturated carbocycles. The van der Waals surface area contributed by atoms with E-state index < -0.39 is 0 Å². The Hall–Kier alpha value is -0.0400. The van der Waals surface area contributed by atoms with Gasteiger partial charge in [0.2, 0.25) is 0 Å². The minimum atomic E-state index is 0.328. The number of hydrogen-bond acceptors (Lipinski definition) is 1. The Labute approximate surface area is 95.2 Å². The van der Waals surface area contributed by atoms with Crippen LogP contribution >= 0.6 is 0 Å². The fraction of sp³-hybridized carbons (Fsp3) is 1.00. The maximum Gasteiger partial charge on any atom is 0.0183 e. The highest BCUT2D eigenvalue weighted by Crippen LogP contribution is 2.64. The van der Waals surface area contributed by atoms with Crippen LogP contribution < -0.4 is 0 Å². The van der Waals surface area contributed by atoms with Gasteiger partial charge in [0.15, 0.2) is 0 Å². The lowest BCUT2D eigenvalue weighted by molar-refractivity contribution is 0.0354. The van der Waals surface area contributed by atoms with Gasteiger partial charge in [-0.2, -0.15) is 0 Å². The van der Waals surface area contributed by atoms with Crippen molar-refractivity contribution in [2.45, 2.75) is 66.5 Å². The first-order valence-electron chi connectivity index (χ1n) is 6.32. The highest BCUT2D eigenvalue weighted by molar-refractivity contribution is 5.17. The van der Waals surface area contributed by atoms with E-state index in [2.05, 4.69) is 53.4 Å². The normalized spacial score (nSPS) is 41.8. The van der Waals surface area contributed by atoms with Crippen molar-refractivity contribution in [1.29, 1.82) is 0 Å². The van der Waals surface area contributed by atoms with E-state index >= 15 is 0 Å². The average molecular weight is 209 g/mol. The molecule has 2 rings (SSSR count). The summed E-state index contributed by atoms with van der Waals surface area (Å²) in [4.78, 5) is 2.75. The fourth-order valence-electron chi connectivity index (χ4n) is 3.55. The van der Waals surface area contributed by atoms with Crippen LogP contribution in [0.2, 0.25) is 0 Å². The van der Waals surface area contributed by atoms with Gasteiger partial charge in [-0.1, -0.05) is 27.7 Å². The van der Waals surface area contributed by atoms with Gasteiger partial charge in [-0.25, -0.2) is 0 Å². The van der Waals surface area contributed by atoms with Crippen LogP contribution in [0.15, 0.2) is 0 Å². The van der Waals surface area contributed by atoms with Crippen molar-refractivity contribution in [1.82, 2.24) is 4.90 Å². The summed E-state index contributed by atoms with van der Waals surface area (Å²) in [7, 11) is 0. The lowest BCUT2D eigenvalue weighted by Crippen LogP contribution is -2.51. The molecule has 0 aromatic heterocycles. The molecule has 0 aromatic rings. The summed E-state index contributed by atoms with van der Waals surface area (Å²) in [5.74, 6) is 0.955. The molecular weight excluding hydrogens is 182 g/mol. The van der Waals surface area contributed by atoms with E-state index in [0.717, 1.165) is 12.0 Å². The zero-order valence-electron chi connectivity index (χ0n) is 11.5. The summed E-state index contributed by atoms with van der Waals surface area (Å²) in [6.45, 7) is 18.1. The molecule has 0 radical (unpaired) electrons. The molecule has 2 fully saturated rings. The Morgan fingerprint density at radius 1 is 1.07 bits per heavy atom. The van der Waals surface area contributed by atoms with E-state index in [0.29, 0.717) is 16.4 Å². The first-order chi connectivity index (χ1) is 6.56. The topological polar surface area (TPSA) is 3.24 Å². The van der Waals surface area contributed by atoms with Crippen LogP contribution in [0.4, 0.5) is 0 Å². The minimum Gasteiger partial charge on any atom is -0.294 e. The van der Waals surface area contributed by atoms with Gasteiger partial charge in [-0.3, -0.25) is 4.90 Å². The largest absolute Gasteiger partial charge is 0.294 e. The van der Waals surface area contributed by atoms with Gasteiger partial charge in [0.25, 0.3) is 0 Å². The summed E-state index contributed by atoms with van der Waals surface area (Å²) >= 11 is 0. The van der Waals surface area contributed by atoms with E-state index in [1.807, 2.05) is 0 Å². The summed E-state index contributed by atoms with van der Waals surface area (Å²) in [6.07, 6.45) is 1.46. The third kappa shape index (κ3) is 1.73. The van der Waals surface area contributed by atoms with Crippen molar-refractivity contribution in [3.63, 3.8) is 0 Å². The molecule has 1 aliphatic carbocycles. The fourth-order valence-corrected chi connectivity index (χ4v) is 3.55. The molecule has 1 heteroatoms. The lowest BCUT2D eigenvalue weighted by atomic mass is 9.81. The maximum atomic E-state index is 2.75. The standard InChI is InChI=1S/C14H27N/c1-12(2,3)11-10-8-14(10,7)9-15(11)13(4,5)6/h10-11H,8-9H2,1-7H3/t10-,11?,14?/m0/s1. The third-order valence-electron chi connectivity index (χ3n) is 4.42. The molecular formula is C14H27N. The van der Waals surface area contributed by atoms with Crippen molar-refractivity contribution < 1.29 is 0 Å². The Bertz CT molecular complexity index is 268. The van der Waals surface area contributed by atoms with Gasteiger partial charge in [-0.05, 0) is 43.9 Å². The van der Waals surface area contributed by atoms with Crippen molar-refractivity contribution in [2.24, 2.45) is 16.7 Å². The molecule has 2 unspecified atom stereocenters. The summed E-state index contributed by atoms with van der Waals surface area (Å²) in [5, 5.41) is 0. The zero-order chi connectivity index (χ0) is 11.6. The summed E-state index contributed by atoms with van der Waals surface area (Å²) in [5.41, 5.74) is 1.39. The first kappa shape index (κ1) is 11.4. The smallest absolute Gasteiger partial charge is 0.0183 e. The molecule has 0 aromatic carbocycles. The molecule has 1 nitrogen and oxygen atoms in total. The highest BCUT2D eigenvalue weighted by atomic mass is 15.3. The average Bonchev–Trinajstić information content (AvgIpc) is 2.48. The number of hydrogen-bond donors (Lipinski definition) is 0. The van der Waals surface area contributed by atoms with Crippen LogP contribution in [0.1, 0.15) is 54.9 Å². The van der Waals surface area contributed by atoms with E-state index in [9.17, 15) is 0 Å². The molecule has 15 heavy (non-hydrogen) atoms. The van der Waals surface area contributed by atoms with Crippen LogP contribution in [-0.4, -0.2) is 23.0 Å². The molecule has 0 spiro atoms. The summed E-state index contributed by atoms with van der Waals surface area (Å²) < 4.78 is 0. The SMILES string of the molecule is CC(C)(C)C1[C@@H]2CC2(C)CN1C(C)(C)C. The quantitative estimate of drug-likeness (QED) is 0.590.